The summed E-state index contributed by atoms with van der Waals surface area (Å²) >= 11 is 0. The van der Waals surface area contributed by atoms with Crippen LogP contribution in [0.25, 0.3) is 10.9 Å². The predicted molar refractivity (Wildman–Crippen MR) is 104 cm³/mol. The zero-order valence-corrected chi connectivity index (χ0v) is 16.0. The number of alkyl halides is 3. The second-order valence-corrected chi connectivity index (χ2v) is 7.63. The molecule has 28 heavy (non-hydrogen) atoms. The first-order valence-electron chi connectivity index (χ1n) is 9.70. The van der Waals surface area contributed by atoms with E-state index in [1.807, 2.05) is 12.1 Å². The number of likely N-dealkylation sites (tertiary alicyclic amines) is 1. The lowest BCUT2D eigenvalue weighted by Gasteiger charge is -2.23. The molecule has 1 aliphatic rings. The number of nitrogens with zero attached hydrogens (tertiary/aromatic N) is 2. The van der Waals surface area contributed by atoms with Crippen LogP contribution < -0.4 is 5.32 Å². The zero-order valence-electron chi connectivity index (χ0n) is 16.0. The molecule has 1 fully saturated rings. The first-order valence-corrected chi connectivity index (χ1v) is 9.70. The van der Waals surface area contributed by atoms with Gasteiger partial charge in [0.25, 0.3) is 0 Å². The third-order valence-corrected chi connectivity index (χ3v) is 5.35. The molecule has 5 nitrogen and oxygen atoms in total. The predicted octanol–water partition coefficient (Wildman–Crippen LogP) is 3.13. The minimum Gasteiger partial charge on any atom is -0.394 e. The van der Waals surface area contributed by atoms with Crippen LogP contribution in [0.3, 0.4) is 0 Å². The average molecular weight is 399 g/mol. The molecule has 1 saturated heterocycles. The summed E-state index contributed by atoms with van der Waals surface area (Å²) in [6, 6.07) is 7.46. The maximum atomic E-state index is 12.9. The first kappa shape index (κ1) is 21.0. The van der Waals surface area contributed by atoms with Gasteiger partial charge >= 0.3 is 6.18 Å². The number of halogens is 3. The number of hydrogen-bond donors (Lipinski definition) is 3. The van der Waals surface area contributed by atoms with Gasteiger partial charge in [-0.05, 0) is 50.9 Å². The maximum absolute atomic E-state index is 12.9. The topological polar surface area (TPSA) is 60.7 Å². The Morgan fingerprint density at radius 1 is 1.25 bits per heavy atom. The number of rotatable bonds is 6. The van der Waals surface area contributed by atoms with Gasteiger partial charge in [0.05, 0.1) is 18.2 Å². The Morgan fingerprint density at radius 2 is 2.04 bits per heavy atom. The number of aromatic nitrogens is 1. The fraction of sp³-hybridized carbons (Fsp3) is 0.600. The molecule has 3 rings (SSSR count). The monoisotopic (exact) mass is 399 g/mol. The van der Waals surface area contributed by atoms with Crippen molar-refractivity contribution in [1.82, 2.24) is 9.47 Å². The smallest absolute Gasteiger partial charge is 0.394 e. The second-order valence-electron chi connectivity index (χ2n) is 7.63. The molecule has 1 aromatic carbocycles. The van der Waals surface area contributed by atoms with Crippen LogP contribution in [0.2, 0.25) is 0 Å². The Balaban J connectivity index is 1.73. The lowest BCUT2D eigenvalue weighted by Crippen LogP contribution is -2.35. The summed E-state index contributed by atoms with van der Waals surface area (Å²) in [5.41, 5.74) is 2.03. The van der Waals surface area contributed by atoms with Gasteiger partial charge in [-0.3, -0.25) is 0 Å². The van der Waals surface area contributed by atoms with Crippen LogP contribution in [0.5, 0.6) is 0 Å². The number of β-amino-alcohol motifs (C(OH)–C–C–N with tert-alkyl or cyclic N) is 1. The molecule has 2 unspecified atom stereocenters. The van der Waals surface area contributed by atoms with Gasteiger partial charge in [-0.25, -0.2) is 0 Å². The minimum atomic E-state index is -4.26. The quantitative estimate of drug-likeness (QED) is 0.699. The van der Waals surface area contributed by atoms with Crippen molar-refractivity contribution in [2.75, 3.05) is 31.6 Å². The largest absolute Gasteiger partial charge is 0.406 e. The number of fused-ring (bicyclic) bond motifs is 1. The molecule has 1 aromatic heterocycles. The third-order valence-electron chi connectivity index (χ3n) is 5.35. The van der Waals surface area contributed by atoms with Gasteiger partial charge in [0.1, 0.15) is 6.54 Å². The summed E-state index contributed by atoms with van der Waals surface area (Å²) in [5.74, 6) is 0. The Morgan fingerprint density at radius 3 is 2.75 bits per heavy atom. The molecular weight excluding hydrogens is 371 g/mol. The molecule has 3 N–H and O–H groups in total. The molecule has 0 aliphatic carbocycles. The van der Waals surface area contributed by atoms with E-state index in [2.05, 4.69) is 10.2 Å². The van der Waals surface area contributed by atoms with Crippen molar-refractivity contribution in [2.45, 2.75) is 51.1 Å². The highest BCUT2D eigenvalue weighted by Gasteiger charge is 2.29. The molecule has 2 heterocycles. The van der Waals surface area contributed by atoms with Gasteiger partial charge in [0.2, 0.25) is 0 Å². The van der Waals surface area contributed by atoms with E-state index in [1.54, 1.807) is 19.1 Å². The van der Waals surface area contributed by atoms with Crippen LogP contribution >= 0.6 is 0 Å². The van der Waals surface area contributed by atoms with Crippen molar-refractivity contribution in [3.63, 3.8) is 0 Å². The number of aliphatic hydroxyl groups excluding tert-OH is 2. The molecular formula is C20H28F3N3O2. The van der Waals surface area contributed by atoms with E-state index < -0.39 is 18.8 Å². The molecule has 2 aromatic rings. The first-order chi connectivity index (χ1) is 13.3. The van der Waals surface area contributed by atoms with Crippen LogP contribution in [0, 0.1) is 6.92 Å². The van der Waals surface area contributed by atoms with Crippen molar-refractivity contribution in [1.29, 1.82) is 0 Å². The standard InChI is InChI=1S/C20H28F3N3O2/c1-14-10-17-18(5-2-6-19(17)26(14)13-20(21,22)23)24-15-4-3-8-25(9-7-15)11-16(28)12-27/h2,5-6,10,15-16,24,27-28H,3-4,7-9,11-13H2,1H3. The molecule has 0 spiro atoms. The molecule has 8 heteroatoms. The highest BCUT2D eigenvalue weighted by atomic mass is 19.4. The zero-order chi connectivity index (χ0) is 20.3. The van der Waals surface area contributed by atoms with E-state index in [4.69, 9.17) is 5.11 Å². The second kappa shape index (κ2) is 8.71. The molecule has 0 amide bonds. The number of aryl methyl sites for hydroxylation is 1. The Bertz CT molecular complexity index is 791. The number of anilines is 1. The van der Waals surface area contributed by atoms with E-state index in [1.165, 1.54) is 4.57 Å². The van der Waals surface area contributed by atoms with E-state index in [0.29, 0.717) is 17.8 Å². The van der Waals surface area contributed by atoms with Gasteiger partial charge in [0.15, 0.2) is 0 Å². The van der Waals surface area contributed by atoms with Crippen molar-refractivity contribution in [3.8, 4) is 0 Å². The van der Waals surface area contributed by atoms with Crippen LogP contribution in [-0.4, -0.2) is 64.2 Å². The van der Waals surface area contributed by atoms with E-state index in [9.17, 15) is 18.3 Å². The van der Waals surface area contributed by atoms with E-state index in [0.717, 1.165) is 43.4 Å². The summed E-state index contributed by atoms with van der Waals surface area (Å²) in [6.07, 6.45) is -2.21. The summed E-state index contributed by atoms with van der Waals surface area (Å²) in [4.78, 5) is 2.15. The normalized spacial score (nSPS) is 20.3. The number of aliphatic hydroxyl groups is 2. The SMILES string of the molecule is Cc1cc2c(NC3CCCN(CC(O)CO)CC3)cccc2n1CC(F)(F)F. The lowest BCUT2D eigenvalue weighted by molar-refractivity contribution is -0.140. The van der Waals surface area contributed by atoms with Crippen LogP contribution in [-0.2, 0) is 6.54 Å². The van der Waals surface area contributed by atoms with Crippen molar-refractivity contribution in [2.24, 2.45) is 0 Å². The van der Waals surface area contributed by atoms with Crippen molar-refractivity contribution < 1.29 is 23.4 Å². The minimum absolute atomic E-state index is 0.216. The Kier molecular flexibility index (Phi) is 6.52. The van der Waals surface area contributed by atoms with E-state index in [-0.39, 0.29) is 12.6 Å². The lowest BCUT2D eigenvalue weighted by atomic mass is 10.1. The highest BCUT2D eigenvalue weighted by molar-refractivity contribution is 5.93. The molecule has 2 atom stereocenters. The third kappa shape index (κ3) is 5.18. The van der Waals surface area contributed by atoms with Gasteiger partial charge in [-0.1, -0.05) is 6.07 Å². The Labute approximate surface area is 162 Å². The maximum Gasteiger partial charge on any atom is 0.406 e. The summed E-state index contributed by atoms with van der Waals surface area (Å²) in [5, 5.41) is 23.0. The molecule has 156 valence electrons. The average Bonchev–Trinajstić information content (AvgIpc) is 2.79. The Hall–Kier alpha value is -1.77. The van der Waals surface area contributed by atoms with Crippen LogP contribution in [0.1, 0.15) is 25.0 Å². The fourth-order valence-corrected chi connectivity index (χ4v) is 3.99. The molecule has 0 saturated carbocycles. The van der Waals surface area contributed by atoms with Gasteiger partial charge in [-0.2, -0.15) is 13.2 Å². The summed E-state index contributed by atoms with van der Waals surface area (Å²) < 4.78 is 40.1. The number of nitrogens with one attached hydrogen (secondary N) is 1. The fourth-order valence-electron chi connectivity index (χ4n) is 3.99. The summed E-state index contributed by atoms with van der Waals surface area (Å²) in [6.45, 7) is 2.59. The highest BCUT2D eigenvalue weighted by Crippen LogP contribution is 2.31. The summed E-state index contributed by atoms with van der Waals surface area (Å²) in [7, 11) is 0. The van der Waals surface area contributed by atoms with Crippen molar-refractivity contribution in [3.05, 3.63) is 30.0 Å². The van der Waals surface area contributed by atoms with Crippen LogP contribution in [0.15, 0.2) is 24.3 Å². The molecule has 1 aliphatic heterocycles. The number of hydrogen-bond acceptors (Lipinski definition) is 4. The molecule has 0 bridgehead atoms. The van der Waals surface area contributed by atoms with E-state index >= 15 is 0 Å². The van der Waals surface area contributed by atoms with Gasteiger partial charge < -0.3 is 25.0 Å². The van der Waals surface area contributed by atoms with Gasteiger partial charge in [-0.15, -0.1) is 0 Å². The van der Waals surface area contributed by atoms with Crippen molar-refractivity contribution >= 4 is 16.6 Å². The number of benzene rings is 1. The van der Waals surface area contributed by atoms with Crippen LogP contribution in [0.4, 0.5) is 18.9 Å². The molecule has 0 radical (unpaired) electrons. The van der Waals surface area contributed by atoms with Gasteiger partial charge in [0, 0.05) is 35.9 Å².